The zero-order valence-corrected chi connectivity index (χ0v) is 5.91. The Morgan fingerprint density at radius 2 is 2.20 bits per heavy atom. The second-order valence-corrected chi connectivity index (χ2v) is 1.80. The van der Waals surface area contributed by atoms with Gasteiger partial charge in [0, 0.05) is 0 Å². The lowest BCUT2D eigenvalue weighted by Gasteiger charge is -1.95. The molecule has 0 aromatic rings. The van der Waals surface area contributed by atoms with E-state index < -0.39 is 5.92 Å². The number of ketones is 1. The predicted molar refractivity (Wildman–Crippen MR) is 39.6 cm³/mol. The molecule has 0 aromatic heterocycles. The van der Waals surface area contributed by atoms with Gasteiger partial charge in [0.05, 0.1) is 5.92 Å². The molecule has 1 unspecified atom stereocenters. The molecule has 54 valence electrons. The molecule has 0 aliphatic heterocycles. The fraction of sp³-hybridized carbons (Fsp3) is 0.250. The fourth-order valence-electron chi connectivity index (χ4n) is 0.514. The highest BCUT2D eigenvalue weighted by molar-refractivity contribution is 6.02. The summed E-state index contributed by atoms with van der Waals surface area (Å²) < 4.78 is 0. The smallest absolute Gasteiger partial charge is 0.169 e. The second kappa shape index (κ2) is 4.68. The lowest BCUT2D eigenvalue weighted by atomic mass is 10.1. The van der Waals surface area contributed by atoms with E-state index in [1.807, 2.05) is 0 Å². The van der Waals surface area contributed by atoms with Gasteiger partial charge in [0.15, 0.2) is 5.78 Å². The number of carbonyl (C=O) groups excluding carboxylic acids is 2. The number of hydrogen-bond donors (Lipinski definition) is 0. The molecule has 1 atom stereocenters. The third-order valence-electron chi connectivity index (χ3n) is 1.06. The number of carbonyl (C=O) groups is 2. The third-order valence-corrected chi connectivity index (χ3v) is 1.06. The first-order chi connectivity index (χ1) is 4.76. The van der Waals surface area contributed by atoms with Crippen molar-refractivity contribution < 1.29 is 9.59 Å². The average molecular weight is 138 g/mol. The summed E-state index contributed by atoms with van der Waals surface area (Å²) >= 11 is 0. The molecule has 0 aromatic carbocycles. The maximum atomic E-state index is 10.8. The number of aldehydes is 1. The molecule has 0 N–H and O–H groups in total. The van der Waals surface area contributed by atoms with Crippen LogP contribution in [0, 0.1) is 5.92 Å². The van der Waals surface area contributed by atoms with Gasteiger partial charge in [0.2, 0.25) is 0 Å². The summed E-state index contributed by atoms with van der Waals surface area (Å²) in [5, 5.41) is 0. The van der Waals surface area contributed by atoms with E-state index in [-0.39, 0.29) is 5.78 Å². The van der Waals surface area contributed by atoms with E-state index in [9.17, 15) is 9.59 Å². The van der Waals surface area contributed by atoms with Gasteiger partial charge in [-0.1, -0.05) is 12.2 Å². The predicted octanol–water partition coefficient (Wildman–Crippen LogP) is 1.13. The summed E-state index contributed by atoms with van der Waals surface area (Å²) in [6, 6.07) is 0. The van der Waals surface area contributed by atoms with Crippen molar-refractivity contribution >= 4 is 12.1 Å². The lowest BCUT2D eigenvalue weighted by Crippen LogP contribution is -2.09. The molecule has 0 rings (SSSR count). The maximum Gasteiger partial charge on any atom is 0.169 e. The zero-order valence-electron chi connectivity index (χ0n) is 5.91. The summed E-state index contributed by atoms with van der Waals surface area (Å²) in [4.78, 5) is 20.9. The van der Waals surface area contributed by atoms with Crippen LogP contribution < -0.4 is 0 Å². The lowest BCUT2D eigenvalue weighted by molar-refractivity contribution is -0.122. The van der Waals surface area contributed by atoms with Crippen molar-refractivity contribution in [3.63, 3.8) is 0 Å². The van der Waals surface area contributed by atoms with E-state index >= 15 is 0 Å². The van der Waals surface area contributed by atoms with Crippen LogP contribution in [0.15, 0.2) is 24.8 Å². The summed E-state index contributed by atoms with van der Waals surface area (Å²) in [5.41, 5.74) is 0. The molecule has 0 saturated carbocycles. The molecule has 10 heavy (non-hydrogen) atoms. The average Bonchev–Trinajstić information content (AvgIpc) is 1.91. The molecule has 0 heterocycles. The van der Waals surface area contributed by atoms with Gasteiger partial charge in [-0.3, -0.25) is 4.79 Å². The Kier molecular flexibility index (Phi) is 4.12. The topological polar surface area (TPSA) is 34.1 Å². The largest absolute Gasteiger partial charge is 0.302 e. The Hall–Kier alpha value is -1.18. The monoisotopic (exact) mass is 138 g/mol. The van der Waals surface area contributed by atoms with E-state index in [0.29, 0.717) is 6.29 Å². The third kappa shape index (κ3) is 2.40. The van der Waals surface area contributed by atoms with Crippen molar-refractivity contribution in [3.8, 4) is 0 Å². The molecule has 0 spiro atoms. The van der Waals surface area contributed by atoms with Crippen LogP contribution in [0.25, 0.3) is 0 Å². The highest BCUT2D eigenvalue weighted by Gasteiger charge is 2.08. The Morgan fingerprint density at radius 3 is 2.50 bits per heavy atom. The van der Waals surface area contributed by atoms with E-state index in [0.717, 1.165) is 0 Å². The molecule has 2 heteroatoms. The van der Waals surface area contributed by atoms with Crippen molar-refractivity contribution in [3.05, 3.63) is 24.8 Å². The standard InChI is InChI=1S/C8H10O2/c1-3-5-8(10)7(4-2)6-9/h3-7H,2H2,1H3. The molecule has 0 fully saturated rings. The summed E-state index contributed by atoms with van der Waals surface area (Å²) in [7, 11) is 0. The minimum absolute atomic E-state index is 0.215. The van der Waals surface area contributed by atoms with Crippen LogP contribution in [-0.2, 0) is 9.59 Å². The molecule has 2 nitrogen and oxygen atoms in total. The van der Waals surface area contributed by atoms with Gasteiger partial charge in [-0.2, -0.15) is 0 Å². The van der Waals surface area contributed by atoms with Crippen LogP contribution in [0.4, 0.5) is 0 Å². The molecule has 0 aliphatic rings. The van der Waals surface area contributed by atoms with Crippen molar-refractivity contribution in [2.75, 3.05) is 0 Å². The SMILES string of the molecule is C=CC(C=O)C(=O)C=CC. The van der Waals surface area contributed by atoms with Gasteiger partial charge in [-0.05, 0) is 13.0 Å². The zero-order chi connectivity index (χ0) is 7.98. The highest BCUT2D eigenvalue weighted by Crippen LogP contribution is 1.95. The highest BCUT2D eigenvalue weighted by atomic mass is 16.1. The summed E-state index contributed by atoms with van der Waals surface area (Å²) in [5.74, 6) is -0.885. The molecule has 0 radical (unpaired) electrons. The number of allylic oxidation sites excluding steroid dienone is 3. The normalized spacial score (nSPS) is 12.9. The van der Waals surface area contributed by atoms with Crippen LogP contribution in [0.2, 0.25) is 0 Å². The molecule has 0 saturated heterocycles. The van der Waals surface area contributed by atoms with Crippen molar-refractivity contribution in [2.45, 2.75) is 6.92 Å². The first kappa shape index (κ1) is 8.82. The van der Waals surface area contributed by atoms with Crippen LogP contribution in [0.3, 0.4) is 0 Å². The van der Waals surface area contributed by atoms with E-state index in [1.165, 1.54) is 12.2 Å². The number of hydrogen-bond acceptors (Lipinski definition) is 2. The van der Waals surface area contributed by atoms with Crippen molar-refractivity contribution in [1.82, 2.24) is 0 Å². The molecule has 0 amide bonds. The summed E-state index contributed by atoms with van der Waals surface area (Å²) in [6.45, 7) is 5.07. The van der Waals surface area contributed by atoms with Gasteiger partial charge in [-0.25, -0.2) is 0 Å². The molecular weight excluding hydrogens is 128 g/mol. The molecular formula is C8H10O2. The van der Waals surface area contributed by atoms with Gasteiger partial charge < -0.3 is 4.79 Å². The number of rotatable bonds is 4. The van der Waals surface area contributed by atoms with Gasteiger partial charge in [-0.15, -0.1) is 6.58 Å². The Morgan fingerprint density at radius 1 is 1.60 bits per heavy atom. The minimum atomic E-state index is -0.670. The van der Waals surface area contributed by atoms with E-state index in [4.69, 9.17) is 0 Å². The van der Waals surface area contributed by atoms with Gasteiger partial charge >= 0.3 is 0 Å². The van der Waals surface area contributed by atoms with Crippen LogP contribution >= 0.6 is 0 Å². The van der Waals surface area contributed by atoms with Crippen molar-refractivity contribution in [2.24, 2.45) is 5.92 Å². The fourth-order valence-corrected chi connectivity index (χ4v) is 0.514. The van der Waals surface area contributed by atoms with Crippen molar-refractivity contribution in [1.29, 1.82) is 0 Å². The summed E-state index contributed by atoms with van der Waals surface area (Å²) in [6.07, 6.45) is 4.87. The first-order valence-corrected chi connectivity index (χ1v) is 3.00. The van der Waals surface area contributed by atoms with E-state index in [1.54, 1.807) is 13.0 Å². The quantitative estimate of drug-likeness (QED) is 0.252. The van der Waals surface area contributed by atoms with Crippen LogP contribution in [-0.4, -0.2) is 12.1 Å². The van der Waals surface area contributed by atoms with Crippen LogP contribution in [0.5, 0.6) is 0 Å². The Balaban J connectivity index is 4.14. The minimum Gasteiger partial charge on any atom is -0.302 e. The molecule has 0 bridgehead atoms. The van der Waals surface area contributed by atoms with Gasteiger partial charge in [0.1, 0.15) is 6.29 Å². The second-order valence-electron chi connectivity index (χ2n) is 1.80. The first-order valence-electron chi connectivity index (χ1n) is 3.00. The van der Waals surface area contributed by atoms with Gasteiger partial charge in [0.25, 0.3) is 0 Å². The maximum absolute atomic E-state index is 10.8. The van der Waals surface area contributed by atoms with Crippen LogP contribution in [0.1, 0.15) is 6.92 Å². The Labute approximate surface area is 60.2 Å². The molecule has 0 aliphatic carbocycles. The van der Waals surface area contributed by atoms with E-state index in [2.05, 4.69) is 6.58 Å². The Bertz CT molecular complexity index is 160.